The third-order valence-electron chi connectivity index (χ3n) is 3.66. The monoisotopic (exact) mass is 444 g/mol. The highest BCUT2D eigenvalue weighted by Crippen LogP contribution is 2.10. The lowest BCUT2D eigenvalue weighted by Crippen LogP contribution is -2.52. The molecule has 0 atom stereocenters. The van der Waals surface area contributed by atoms with Crippen molar-refractivity contribution in [3.8, 4) is 0 Å². The Labute approximate surface area is 157 Å². The number of halogens is 1. The largest absolute Gasteiger partial charge is 0.352 e. The zero-order valence-corrected chi connectivity index (χ0v) is 16.2. The third kappa shape index (κ3) is 4.77. The van der Waals surface area contributed by atoms with E-state index in [-0.39, 0.29) is 24.0 Å². The van der Waals surface area contributed by atoms with Gasteiger partial charge in [0.25, 0.3) is 0 Å². The molecule has 0 amide bonds. The molecule has 0 aliphatic carbocycles. The molecule has 0 radical (unpaired) electrons. The second-order valence-corrected chi connectivity index (χ2v) is 5.84. The summed E-state index contributed by atoms with van der Waals surface area (Å²) < 4.78 is 0. The Morgan fingerprint density at radius 2 is 2.00 bits per heavy atom. The number of nitrogens with zero attached hydrogens (tertiary/aromatic N) is 5. The van der Waals surface area contributed by atoms with Crippen LogP contribution in [0, 0.1) is 0 Å². The quantitative estimate of drug-likeness (QED) is 0.446. The van der Waals surface area contributed by atoms with Crippen molar-refractivity contribution >= 4 is 47.2 Å². The van der Waals surface area contributed by atoms with Crippen LogP contribution in [-0.2, 0) is 6.54 Å². The van der Waals surface area contributed by atoms with Gasteiger partial charge in [0.15, 0.2) is 5.96 Å². The van der Waals surface area contributed by atoms with Gasteiger partial charge in [-0.1, -0.05) is 0 Å². The van der Waals surface area contributed by atoms with E-state index in [1.807, 2.05) is 13.1 Å². The summed E-state index contributed by atoms with van der Waals surface area (Å²) in [5.41, 5.74) is 1.29. The van der Waals surface area contributed by atoms with Crippen LogP contribution in [0.5, 0.6) is 0 Å². The van der Waals surface area contributed by atoms with E-state index in [1.165, 1.54) is 5.56 Å². The van der Waals surface area contributed by atoms with E-state index in [9.17, 15) is 0 Å². The number of hydrogen-bond donors (Lipinski definition) is 1. The molecule has 124 valence electrons. The maximum Gasteiger partial charge on any atom is 0.225 e. The van der Waals surface area contributed by atoms with E-state index in [1.54, 1.807) is 23.7 Å². The molecule has 1 aliphatic rings. The average molecular weight is 444 g/mol. The molecule has 1 fully saturated rings. The molecule has 2 aromatic rings. The number of thiophene rings is 1. The average Bonchev–Trinajstić information content (AvgIpc) is 3.10. The van der Waals surface area contributed by atoms with Crippen molar-refractivity contribution in [2.45, 2.75) is 6.54 Å². The van der Waals surface area contributed by atoms with Gasteiger partial charge in [-0.3, -0.25) is 4.99 Å². The fourth-order valence-electron chi connectivity index (χ4n) is 2.48. The minimum Gasteiger partial charge on any atom is -0.352 e. The minimum atomic E-state index is 0. The lowest BCUT2D eigenvalue weighted by atomic mass is 10.3. The van der Waals surface area contributed by atoms with Gasteiger partial charge in [0.2, 0.25) is 5.95 Å². The normalized spacial score (nSPS) is 15.3. The predicted octanol–water partition coefficient (Wildman–Crippen LogP) is 2.05. The van der Waals surface area contributed by atoms with Crippen LogP contribution >= 0.6 is 35.3 Å². The summed E-state index contributed by atoms with van der Waals surface area (Å²) in [5.74, 6) is 1.77. The Bertz CT molecular complexity index is 596. The van der Waals surface area contributed by atoms with Crippen LogP contribution in [0.2, 0.25) is 0 Å². The zero-order chi connectivity index (χ0) is 15.2. The van der Waals surface area contributed by atoms with Gasteiger partial charge in [0, 0.05) is 52.2 Å². The highest BCUT2D eigenvalue weighted by atomic mass is 127. The molecule has 3 heterocycles. The molecule has 8 heteroatoms. The summed E-state index contributed by atoms with van der Waals surface area (Å²) in [6.07, 6.45) is 3.58. The summed E-state index contributed by atoms with van der Waals surface area (Å²) in [5, 5.41) is 7.68. The minimum absolute atomic E-state index is 0. The summed E-state index contributed by atoms with van der Waals surface area (Å²) in [7, 11) is 1.84. The molecule has 1 N–H and O–H groups in total. The van der Waals surface area contributed by atoms with Gasteiger partial charge in [-0.15, -0.1) is 24.0 Å². The van der Waals surface area contributed by atoms with Crippen LogP contribution in [0.3, 0.4) is 0 Å². The smallest absolute Gasteiger partial charge is 0.225 e. The van der Waals surface area contributed by atoms with Crippen molar-refractivity contribution in [1.29, 1.82) is 0 Å². The second kappa shape index (κ2) is 9.02. The van der Waals surface area contributed by atoms with Gasteiger partial charge in [-0.2, -0.15) is 11.3 Å². The van der Waals surface area contributed by atoms with E-state index >= 15 is 0 Å². The Morgan fingerprint density at radius 1 is 1.26 bits per heavy atom. The van der Waals surface area contributed by atoms with Gasteiger partial charge in [-0.05, 0) is 28.5 Å². The van der Waals surface area contributed by atoms with Crippen molar-refractivity contribution in [2.75, 3.05) is 38.1 Å². The third-order valence-corrected chi connectivity index (χ3v) is 4.39. The Hall–Kier alpha value is -1.42. The van der Waals surface area contributed by atoms with Crippen LogP contribution in [-0.4, -0.2) is 54.1 Å². The SMILES string of the molecule is CN=C(NCc1ccsc1)N1CCN(c2ncccn2)CC1.I. The number of aromatic nitrogens is 2. The summed E-state index contributed by atoms with van der Waals surface area (Å²) >= 11 is 1.72. The van der Waals surface area contributed by atoms with E-state index in [4.69, 9.17) is 0 Å². The lowest BCUT2D eigenvalue weighted by molar-refractivity contribution is 0.370. The summed E-state index contributed by atoms with van der Waals surface area (Å²) in [6.45, 7) is 4.47. The van der Waals surface area contributed by atoms with Gasteiger partial charge >= 0.3 is 0 Å². The molecule has 2 aromatic heterocycles. The molecule has 0 aromatic carbocycles. The van der Waals surface area contributed by atoms with Gasteiger partial charge in [0.05, 0.1) is 0 Å². The lowest BCUT2D eigenvalue weighted by Gasteiger charge is -2.36. The molecule has 6 nitrogen and oxygen atoms in total. The van der Waals surface area contributed by atoms with E-state index in [2.05, 4.69) is 46.9 Å². The number of piperazine rings is 1. The van der Waals surface area contributed by atoms with Gasteiger partial charge < -0.3 is 15.1 Å². The number of guanidine groups is 1. The highest BCUT2D eigenvalue weighted by Gasteiger charge is 2.20. The molecule has 1 saturated heterocycles. The molecule has 23 heavy (non-hydrogen) atoms. The molecule has 0 unspecified atom stereocenters. The van der Waals surface area contributed by atoms with E-state index < -0.39 is 0 Å². The number of nitrogens with one attached hydrogen (secondary N) is 1. The fraction of sp³-hybridized carbons (Fsp3) is 0.400. The van der Waals surface area contributed by atoms with Crippen molar-refractivity contribution in [1.82, 2.24) is 20.2 Å². The molecular weight excluding hydrogens is 423 g/mol. The zero-order valence-electron chi connectivity index (χ0n) is 13.1. The fourth-order valence-corrected chi connectivity index (χ4v) is 3.15. The van der Waals surface area contributed by atoms with Crippen LogP contribution in [0.1, 0.15) is 5.56 Å². The van der Waals surface area contributed by atoms with Crippen LogP contribution in [0.25, 0.3) is 0 Å². The second-order valence-electron chi connectivity index (χ2n) is 5.06. The maximum absolute atomic E-state index is 4.39. The number of anilines is 1. The van der Waals surface area contributed by atoms with Crippen LogP contribution in [0.4, 0.5) is 5.95 Å². The van der Waals surface area contributed by atoms with E-state index in [0.717, 1.165) is 44.6 Å². The summed E-state index contributed by atoms with van der Waals surface area (Å²) in [6, 6.07) is 3.98. The van der Waals surface area contributed by atoms with Crippen molar-refractivity contribution in [2.24, 2.45) is 4.99 Å². The number of hydrogen-bond acceptors (Lipinski definition) is 5. The topological polar surface area (TPSA) is 56.7 Å². The molecule has 0 spiro atoms. The number of rotatable bonds is 3. The Morgan fingerprint density at radius 3 is 2.61 bits per heavy atom. The van der Waals surface area contributed by atoms with Crippen molar-refractivity contribution in [3.05, 3.63) is 40.8 Å². The van der Waals surface area contributed by atoms with Crippen molar-refractivity contribution < 1.29 is 0 Å². The summed E-state index contributed by atoms with van der Waals surface area (Å²) in [4.78, 5) is 17.5. The molecule has 3 rings (SSSR count). The first-order valence-electron chi connectivity index (χ1n) is 7.35. The Balaban J connectivity index is 0.00000192. The molecule has 0 bridgehead atoms. The maximum atomic E-state index is 4.39. The first-order valence-corrected chi connectivity index (χ1v) is 8.30. The standard InChI is InChI=1S/C15H20N6S.HI/c1-16-14(19-11-13-3-10-22-12-13)20-6-8-21(9-7-20)15-17-4-2-5-18-15;/h2-5,10,12H,6-9,11H2,1H3,(H,16,19);1H. The molecule has 0 saturated carbocycles. The van der Waals surface area contributed by atoms with Crippen LogP contribution < -0.4 is 10.2 Å². The van der Waals surface area contributed by atoms with Crippen molar-refractivity contribution in [3.63, 3.8) is 0 Å². The molecular formula is C15H21IN6S. The number of aliphatic imine (C=N–C) groups is 1. The predicted molar refractivity (Wildman–Crippen MR) is 106 cm³/mol. The van der Waals surface area contributed by atoms with E-state index in [0.29, 0.717) is 0 Å². The highest BCUT2D eigenvalue weighted by molar-refractivity contribution is 14.0. The van der Waals surface area contributed by atoms with Gasteiger partial charge in [-0.25, -0.2) is 9.97 Å². The first kappa shape index (κ1) is 17.9. The first-order chi connectivity index (χ1) is 10.9. The van der Waals surface area contributed by atoms with Gasteiger partial charge in [0.1, 0.15) is 0 Å². The molecule has 1 aliphatic heterocycles. The van der Waals surface area contributed by atoms with Crippen LogP contribution in [0.15, 0.2) is 40.3 Å². The Kier molecular flexibility index (Phi) is 7.03.